The summed E-state index contributed by atoms with van der Waals surface area (Å²) in [4.78, 5) is 25.6. The lowest BCUT2D eigenvalue weighted by Gasteiger charge is -2.31. The van der Waals surface area contributed by atoms with Gasteiger partial charge in [-0.1, -0.05) is 6.07 Å². The summed E-state index contributed by atoms with van der Waals surface area (Å²) in [6.45, 7) is 9.55. The number of rotatable bonds is 2. The molecule has 1 aliphatic heterocycles. The monoisotopic (exact) mass is 377 g/mol. The number of nitrogens with one attached hydrogen (secondary N) is 1. The number of carbonyl (C=O) groups is 2. The Morgan fingerprint density at radius 3 is 2.43 bits per heavy atom. The number of Topliss-reactive ketones (excluding diaryl/α,β-unsaturated/α-hetero) is 1. The van der Waals surface area contributed by atoms with Crippen molar-refractivity contribution in [2.45, 2.75) is 46.6 Å². The molecule has 28 heavy (non-hydrogen) atoms. The first-order chi connectivity index (χ1) is 13.1. The lowest BCUT2D eigenvalue weighted by Crippen LogP contribution is -2.35. The van der Waals surface area contributed by atoms with Gasteiger partial charge < -0.3 is 14.5 Å². The minimum atomic E-state index is -0.543. The van der Waals surface area contributed by atoms with Gasteiger partial charge in [0.25, 0.3) is 5.91 Å². The summed E-state index contributed by atoms with van der Waals surface area (Å²) in [5, 5.41) is 3.55. The van der Waals surface area contributed by atoms with Gasteiger partial charge in [0.2, 0.25) is 0 Å². The quantitative estimate of drug-likeness (QED) is 0.653. The summed E-state index contributed by atoms with van der Waals surface area (Å²) in [6, 6.07) is 9.35. The molecule has 1 aliphatic rings. The lowest BCUT2D eigenvalue weighted by atomic mass is 9.90. The molecule has 5 heteroatoms. The van der Waals surface area contributed by atoms with Crippen molar-refractivity contribution in [2.24, 2.45) is 0 Å². The third kappa shape index (κ3) is 3.07. The van der Waals surface area contributed by atoms with Gasteiger partial charge in [0.1, 0.15) is 16.9 Å². The first-order valence-corrected chi connectivity index (χ1v) is 9.32. The average molecular weight is 377 g/mol. The maximum absolute atomic E-state index is 12.9. The van der Waals surface area contributed by atoms with E-state index in [1.54, 1.807) is 19.1 Å². The number of aryl methyl sites for hydroxylation is 3. The molecular weight excluding hydrogens is 354 g/mol. The van der Waals surface area contributed by atoms with Crippen molar-refractivity contribution in [3.63, 3.8) is 0 Å². The zero-order chi connectivity index (χ0) is 20.2. The van der Waals surface area contributed by atoms with Gasteiger partial charge in [-0.3, -0.25) is 9.59 Å². The molecular formula is C23H23NO4. The van der Waals surface area contributed by atoms with Crippen LogP contribution in [0, 0.1) is 20.8 Å². The number of hydrogen-bond donors (Lipinski definition) is 1. The second kappa shape index (κ2) is 6.23. The zero-order valence-electron chi connectivity index (χ0n) is 16.7. The molecule has 0 atom stereocenters. The Morgan fingerprint density at radius 2 is 1.75 bits per heavy atom. The maximum atomic E-state index is 12.9. The van der Waals surface area contributed by atoms with E-state index in [1.807, 2.05) is 45.9 Å². The molecule has 1 amide bonds. The molecule has 2 aromatic carbocycles. The van der Waals surface area contributed by atoms with Crippen LogP contribution in [0.2, 0.25) is 0 Å². The fraction of sp³-hybridized carbons (Fsp3) is 0.304. The third-order valence-electron chi connectivity index (χ3n) is 4.99. The number of amides is 1. The summed E-state index contributed by atoms with van der Waals surface area (Å²) in [7, 11) is 0. The number of hydrogen-bond acceptors (Lipinski definition) is 4. The Labute approximate surface area is 163 Å². The van der Waals surface area contributed by atoms with Crippen LogP contribution in [0.1, 0.15) is 57.9 Å². The number of benzene rings is 2. The molecule has 5 nitrogen and oxygen atoms in total. The van der Waals surface area contributed by atoms with Crippen LogP contribution in [0.4, 0.5) is 5.69 Å². The molecule has 3 aromatic rings. The van der Waals surface area contributed by atoms with E-state index >= 15 is 0 Å². The number of ether oxygens (including phenoxy) is 1. The highest BCUT2D eigenvalue weighted by atomic mass is 16.5. The molecule has 0 aliphatic carbocycles. The second-order valence-electron chi connectivity index (χ2n) is 8.16. The number of carbonyl (C=O) groups excluding carboxylic acids is 2. The highest BCUT2D eigenvalue weighted by molar-refractivity contribution is 6.14. The summed E-state index contributed by atoms with van der Waals surface area (Å²) < 4.78 is 11.8. The first kappa shape index (κ1) is 18.3. The number of fused-ring (bicyclic) bond motifs is 3. The fourth-order valence-electron chi connectivity index (χ4n) is 3.94. The summed E-state index contributed by atoms with van der Waals surface area (Å²) in [6.07, 6.45) is 0.286. The second-order valence-corrected chi connectivity index (χ2v) is 8.16. The Morgan fingerprint density at radius 1 is 1.07 bits per heavy atom. The third-order valence-corrected chi connectivity index (χ3v) is 4.99. The van der Waals surface area contributed by atoms with Gasteiger partial charge in [-0.05, 0) is 70.0 Å². The number of anilines is 1. The summed E-state index contributed by atoms with van der Waals surface area (Å²) in [5.41, 5.74) is 3.96. The molecule has 2 heterocycles. The van der Waals surface area contributed by atoms with Crippen molar-refractivity contribution in [1.82, 2.24) is 0 Å². The largest absolute Gasteiger partial charge is 0.487 e. The molecule has 4 rings (SSSR count). The van der Waals surface area contributed by atoms with Crippen LogP contribution in [-0.2, 0) is 0 Å². The summed E-state index contributed by atoms with van der Waals surface area (Å²) >= 11 is 0. The highest BCUT2D eigenvalue weighted by Crippen LogP contribution is 2.40. The Bertz CT molecular complexity index is 1120. The van der Waals surface area contributed by atoms with E-state index in [9.17, 15) is 9.59 Å². The van der Waals surface area contributed by atoms with Crippen LogP contribution in [0.25, 0.3) is 11.0 Å². The van der Waals surface area contributed by atoms with Crippen LogP contribution in [-0.4, -0.2) is 17.3 Å². The van der Waals surface area contributed by atoms with Crippen molar-refractivity contribution < 1.29 is 18.7 Å². The van der Waals surface area contributed by atoms with Crippen LogP contribution in [0.5, 0.6) is 5.75 Å². The fourth-order valence-corrected chi connectivity index (χ4v) is 3.94. The van der Waals surface area contributed by atoms with Gasteiger partial charge in [0, 0.05) is 16.6 Å². The van der Waals surface area contributed by atoms with Crippen LogP contribution >= 0.6 is 0 Å². The Hall–Kier alpha value is -3.08. The minimum absolute atomic E-state index is 0.00187. The Kier molecular flexibility index (Phi) is 4.07. The van der Waals surface area contributed by atoms with Crippen molar-refractivity contribution in [1.29, 1.82) is 0 Å². The van der Waals surface area contributed by atoms with Crippen molar-refractivity contribution in [3.8, 4) is 5.75 Å². The van der Waals surface area contributed by atoms with E-state index in [1.165, 1.54) is 0 Å². The standard InChI is InChI=1S/C23H23NO4/c1-12-8-13(2)10-15(9-12)24-22(26)21-14(3)19-17(27-21)6-7-18-20(19)16(25)11-23(4,5)28-18/h6-10H,11H2,1-5H3,(H,24,26). The van der Waals surface area contributed by atoms with Gasteiger partial charge in [-0.25, -0.2) is 0 Å². The molecule has 0 spiro atoms. The predicted molar refractivity (Wildman–Crippen MR) is 108 cm³/mol. The number of ketones is 1. The number of furan rings is 1. The average Bonchev–Trinajstić information content (AvgIpc) is 2.89. The van der Waals surface area contributed by atoms with Gasteiger partial charge in [-0.15, -0.1) is 0 Å². The van der Waals surface area contributed by atoms with Gasteiger partial charge in [-0.2, -0.15) is 0 Å². The van der Waals surface area contributed by atoms with Crippen LogP contribution in [0.3, 0.4) is 0 Å². The molecule has 0 fully saturated rings. The Balaban J connectivity index is 1.77. The van der Waals surface area contributed by atoms with E-state index in [2.05, 4.69) is 5.32 Å². The lowest BCUT2D eigenvalue weighted by molar-refractivity contribution is 0.0623. The van der Waals surface area contributed by atoms with E-state index < -0.39 is 5.60 Å². The zero-order valence-corrected chi connectivity index (χ0v) is 16.7. The van der Waals surface area contributed by atoms with Gasteiger partial charge >= 0.3 is 0 Å². The molecule has 0 bridgehead atoms. The molecule has 144 valence electrons. The molecule has 0 saturated heterocycles. The van der Waals surface area contributed by atoms with Crippen molar-refractivity contribution in [2.75, 3.05) is 5.32 Å². The van der Waals surface area contributed by atoms with E-state index in [-0.39, 0.29) is 23.9 Å². The van der Waals surface area contributed by atoms with Gasteiger partial charge in [0.05, 0.1) is 12.0 Å². The molecule has 1 aromatic heterocycles. The van der Waals surface area contributed by atoms with E-state index in [0.29, 0.717) is 33.5 Å². The SMILES string of the molecule is Cc1cc(C)cc(NC(=O)c2oc3ccc4c(c3c2C)C(=O)CC(C)(C)O4)c1. The maximum Gasteiger partial charge on any atom is 0.291 e. The van der Waals surface area contributed by atoms with E-state index in [4.69, 9.17) is 9.15 Å². The molecule has 0 saturated carbocycles. The summed E-state index contributed by atoms with van der Waals surface area (Å²) in [5.74, 6) is 0.415. The van der Waals surface area contributed by atoms with Crippen molar-refractivity contribution >= 4 is 28.3 Å². The topological polar surface area (TPSA) is 68.5 Å². The van der Waals surface area contributed by atoms with Crippen LogP contribution in [0.15, 0.2) is 34.7 Å². The van der Waals surface area contributed by atoms with Crippen molar-refractivity contribution in [3.05, 3.63) is 58.3 Å². The highest BCUT2D eigenvalue weighted by Gasteiger charge is 2.35. The van der Waals surface area contributed by atoms with Crippen LogP contribution < -0.4 is 10.1 Å². The molecule has 1 N–H and O–H groups in total. The first-order valence-electron chi connectivity index (χ1n) is 9.32. The predicted octanol–water partition coefficient (Wildman–Crippen LogP) is 5.35. The molecule has 0 unspecified atom stereocenters. The minimum Gasteiger partial charge on any atom is -0.487 e. The molecule has 0 radical (unpaired) electrons. The normalized spacial score (nSPS) is 15.2. The van der Waals surface area contributed by atoms with Gasteiger partial charge in [0.15, 0.2) is 11.5 Å². The van der Waals surface area contributed by atoms with E-state index in [0.717, 1.165) is 11.1 Å². The smallest absolute Gasteiger partial charge is 0.291 e.